The van der Waals surface area contributed by atoms with E-state index in [1.54, 1.807) is 0 Å². The number of rotatable bonds is 6. The highest BCUT2D eigenvalue weighted by Crippen LogP contribution is 2.06. The molecule has 1 radical (unpaired) electrons. The molecule has 65 valence electrons. The molecule has 11 heavy (non-hydrogen) atoms. The summed E-state index contributed by atoms with van der Waals surface area (Å²) in [6, 6.07) is 0. The summed E-state index contributed by atoms with van der Waals surface area (Å²) in [4.78, 5) is 2.07. The molecule has 0 aromatic heterocycles. The molecule has 0 aliphatic rings. The lowest BCUT2D eigenvalue weighted by molar-refractivity contribution is 0.361. The molecule has 2 heteroatoms. The number of thiocarbonyl (C=S) groups is 1. The highest BCUT2D eigenvalue weighted by Gasteiger charge is 2.03. The van der Waals surface area contributed by atoms with Gasteiger partial charge in [-0.15, -0.1) is 0 Å². The van der Waals surface area contributed by atoms with Crippen LogP contribution in [0.15, 0.2) is 0 Å². The van der Waals surface area contributed by atoms with Crippen molar-refractivity contribution >= 4 is 17.7 Å². The Hall–Kier alpha value is -0.110. The van der Waals surface area contributed by atoms with Gasteiger partial charge >= 0.3 is 0 Å². The molecule has 0 aliphatic carbocycles. The lowest BCUT2D eigenvalue weighted by Crippen LogP contribution is -2.26. The van der Waals surface area contributed by atoms with Gasteiger partial charge in [-0.3, -0.25) is 0 Å². The molecule has 0 spiro atoms. The van der Waals surface area contributed by atoms with Gasteiger partial charge in [-0.25, -0.2) is 0 Å². The van der Waals surface area contributed by atoms with E-state index in [4.69, 9.17) is 12.2 Å². The number of hydrogen-bond donors (Lipinski definition) is 0. The molecule has 0 saturated carbocycles. The second-order valence-electron chi connectivity index (χ2n) is 3.02. The Bertz CT molecular complexity index is 104. The largest absolute Gasteiger partial charge is 0.360 e. The van der Waals surface area contributed by atoms with Crippen LogP contribution in [0, 0.1) is 5.92 Å². The standard InChI is InChI=1S/C9H18NS/c1-4-6-9(3)7-10(5-2)8-11/h9H,4-7H2,1-3H3. The normalized spacial score (nSPS) is 12.6. The first-order valence-corrected chi connectivity index (χ1v) is 4.78. The zero-order valence-corrected chi connectivity index (χ0v) is 8.58. The van der Waals surface area contributed by atoms with E-state index in [2.05, 4.69) is 31.2 Å². The van der Waals surface area contributed by atoms with Crippen molar-refractivity contribution in [1.82, 2.24) is 4.90 Å². The minimum absolute atomic E-state index is 0.746. The molecule has 0 N–H and O–H groups in total. The molecule has 0 amide bonds. The predicted octanol–water partition coefficient (Wildman–Crippen LogP) is 2.58. The minimum atomic E-state index is 0.746. The van der Waals surface area contributed by atoms with Crippen LogP contribution in [-0.2, 0) is 0 Å². The van der Waals surface area contributed by atoms with Crippen molar-refractivity contribution in [2.45, 2.75) is 33.6 Å². The third-order valence-electron chi connectivity index (χ3n) is 1.82. The maximum Gasteiger partial charge on any atom is 0.136 e. The van der Waals surface area contributed by atoms with Crippen LogP contribution in [0.2, 0.25) is 0 Å². The fourth-order valence-electron chi connectivity index (χ4n) is 1.19. The molecular formula is C9H18NS. The fourth-order valence-corrected chi connectivity index (χ4v) is 1.39. The number of nitrogens with zero attached hydrogens (tertiary/aromatic N) is 1. The van der Waals surface area contributed by atoms with Gasteiger partial charge in [0.1, 0.15) is 5.49 Å². The summed E-state index contributed by atoms with van der Waals surface area (Å²) in [6.45, 7) is 8.64. The second-order valence-corrected chi connectivity index (χ2v) is 3.21. The van der Waals surface area contributed by atoms with E-state index in [9.17, 15) is 0 Å². The van der Waals surface area contributed by atoms with E-state index < -0.39 is 0 Å². The van der Waals surface area contributed by atoms with E-state index in [0.717, 1.165) is 19.0 Å². The molecule has 1 nitrogen and oxygen atoms in total. The maximum atomic E-state index is 4.75. The SMILES string of the molecule is CCCC(C)CN([C]=S)CC. The topological polar surface area (TPSA) is 3.24 Å². The summed E-state index contributed by atoms with van der Waals surface area (Å²) in [6.07, 6.45) is 2.55. The Morgan fingerprint density at radius 2 is 2.09 bits per heavy atom. The lowest BCUT2D eigenvalue weighted by Gasteiger charge is -2.20. The zero-order chi connectivity index (χ0) is 8.69. The summed E-state index contributed by atoms with van der Waals surface area (Å²) in [5, 5.41) is 0. The Kier molecular flexibility index (Phi) is 6.52. The van der Waals surface area contributed by atoms with Gasteiger partial charge in [-0.2, -0.15) is 0 Å². The van der Waals surface area contributed by atoms with Gasteiger partial charge in [0.05, 0.1) is 0 Å². The number of hydrogen-bond acceptors (Lipinski definition) is 1. The van der Waals surface area contributed by atoms with Crippen molar-refractivity contribution in [1.29, 1.82) is 0 Å². The molecule has 0 rings (SSSR count). The van der Waals surface area contributed by atoms with E-state index in [0.29, 0.717) is 0 Å². The highest BCUT2D eigenvalue weighted by atomic mass is 32.1. The molecule has 1 atom stereocenters. The summed E-state index contributed by atoms with van der Waals surface area (Å²) in [7, 11) is 0. The third-order valence-corrected chi connectivity index (χ3v) is 2.08. The zero-order valence-electron chi connectivity index (χ0n) is 7.76. The van der Waals surface area contributed by atoms with Gasteiger partial charge in [0, 0.05) is 13.1 Å². The Balaban J connectivity index is 3.53. The van der Waals surface area contributed by atoms with Crippen molar-refractivity contribution in [3.8, 4) is 0 Å². The average Bonchev–Trinajstić information content (AvgIpc) is 2.01. The Morgan fingerprint density at radius 3 is 2.45 bits per heavy atom. The molecular weight excluding hydrogens is 154 g/mol. The van der Waals surface area contributed by atoms with Crippen LogP contribution < -0.4 is 0 Å². The first-order valence-electron chi connectivity index (χ1n) is 4.37. The van der Waals surface area contributed by atoms with Gasteiger partial charge in [-0.05, 0) is 19.3 Å². The van der Waals surface area contributed by atoms with Gasteiger partial charge in [0.25, 0.3) is 0 Å². The minimum Gasteiger partial charge on any atom is -0.360 e. The molecule has 0 heterocycles. The fraction of sp³-hybridized carbons (Fsp3) is 0.889. The Labute approximate surface area is 75.8 Å². The lowest BCUT2D eigenvalue weighted by atomic mass is 10.1. The van der Waals surface area contributed by atoms with E-state index >= 15 is 0 Å². The quantitative estimate of drug-likeness (QED) is 0.447. The second kappa shape index (κ2) is 6.59. The Morgan fingerprint density at radius 1 is 1.45 bits per heavy atom. The first-order chi connectivity index (χ1) is 5.24. The highest BCUT2D eigenvalue weighted by molar-refractivity contribution is 7.78. The van der Waals surface area contributed by atoms with Gasteiger partial charge in [-0.1, -0.05) is 32.5 Å². The molecule has 0 aromatic carbocycles. The molecule has 0 bridgehead atoms. The van der Waals surface area contributed by atoms with E-state index in [1.165, 1.54) is 12.8 Å². The van der Waals surface area contributed by atoms with Gasteiger partial charge in [0.15, 0.2) is 0 Å². The van der Waals surface area contributed by atoms with Crippen LogP contribution in [-0.4, -0.2) is 23.5 Å². The van der Waals surface area contributed by atoms with E-state index in [-0.39, 0.29) is 0 Å². The molecule has 0 aliphatic heterocycles. The molecule has 0 saturated heterocycles. The molecule has 0 fully saturated rings. The monoisotopic (exact) mass is 172 g/mol. The van der Waals surface area contributed by atoms with Crippen molar-refractivity contribution in [3.05, 3.63) is 0 Å². The summed E-state index contributed by atoms with van der Waals surface area (Å²) in [5.41, 5.74) is 2.76. The maximum absolute atomic E-state index is 4.75. The van der Waals surface area contributed by atoms with Crippen molar-refractivity contribution in [3.63, 3.8) is 0 Å². The summed E-state index contributed by atoms with van der Waals surface area (Å²) < 4.78 is 0. The van der Waals surface area contributed by atoms with Crippen molar-refractivity contribution in [2.75, 3.05) is 13.1 Å². The average molecular weight is 172 g/mol. The van der Waals surface area contributed by atoms with Crippen LogP contribution in [0.1, 0.15) is 33.6 Å². The van der Waals surface area contributed by atoms with Crippen molar-refractivity contribution in [2.24, 2.45) is 5.92 Å². The van der Waals surface area contributed by atoms with Gasteiger partial charge in [0.2, 0.25) is 0 Å². The van der Waals surface area contributed by atoms with Crippen LogP contribution >= 0.6 is 12.2 Å². The summed E-state index contributed by atoms with van der Waals surface area (Å²) in [5.74, 6) is 0.746. The van der Waals surface area contributed by atoms with Crippen LogP contribution in [0.5, 0.6) is 0 Å². The molecule has 0 aromatic rings. The summed E-state index contributed by atoms with van der Waals surface area (Å²) >= 11 is 4.75. The predicted molar refractivity (Wildman–Crippen MR) is 53.9 cm³/mol. The van der Waals surface area contributed by atoms with Crippen LogP contribution in [0.3, 0.4) is 0 Å². The van der Waals surface area contributed by atoms with Gasteiger partial charge < -0.3 is 4.90 Å². The smallest absolute Gasteiger partial charge is 0.136 e. The van der Waals surface area contributed by atoms with E-state index in [1.807, 2.05) is 0 Å². The van der Waals surface area contributed by atoms with Crippen LogP contribution in [0.4, 0.5) is 0 Å². The van der Waals surface area contributed by atoms with Crippen LogP contribution in [0.25, 0.3) is 0 Å². The first kappa shape index (κ1) is 10.9. The third kappa shape index (κ3) is 5.19. The van der Waals surface area contributed by atoms with Crippen molar-refractivity contribution < 1.29 is 0 Å². The molecule has 1 unspecified atom stereocenters.